The molecule has 0 saturated carbocycles. The molecule has 0 atom stereocenters. The van der Waals surface area contributed by atoms with Gasteiger partial charge in [-0.1, -0.05) is 0 Å². The van der Waals surface area contributed by atoms with Crippen molar-refractivity contribution in [3.05, 3.63) is 60.2 Å². The Labute approximate surface area is 112 Å². The Morgan fingerprint density at radius 3 is 1.74 bits per heavy atom. The Balaban J connectivity index is 2.09. The van der Waals surface area contributed by atoms with E-state index in [1.165, 1.54) is 12.4 Å². The van der Waals surface area contributed by atoms with E-state index in [-0.39, 0.29) is 0 Å². The molecule has 2 aromatic heterocycles. The molecular weight excluding hydrogens is 264 g/mol. The molecule has 0 fully saturated rings. The predicted octanol–water partition coefficient (Wildman–Crippen LogP) is 1.91. The number of rotatable bonds is 2. The van der Waals surface area contributed by atoms with E-state index in [1.807, 2.05) is 0 Å². The highest BCUT2D eigenvalue weighted by molar-refractivity contribution is 7.58. The summed E-state index contributed by atoms with van der Waals surface area (Å²) < 4.78 is 7.18. The summed E-state index contributed by atoms with van der Waals surface area (Å²) in [6.07, 6.45) is 5.91. The second kappa shape index (κ2) is 6.41. The van der Waals surface area contributed by atoms with E-state index in [0.717, 1.165) is 0 Å². The molecule has 0 radical (unpaired) electrons. The van der Waals surface area contributed by atoms with Crippen molar-refractivity contribution < 1.29 is 9.59 Å². The summed E-state index contributed by atoms with van der Waals surface area (Å²) in [7, 11) is 0. The zero-order valence-electron chi connectivity index (χ0n) is 9.63. The lowest BCUT2D eigenvalue weighted by molar-refractivity contribution is 0.100. The van der Waals surface area contributed by atoms with Crippen LogP contribution in [0.5, 0.6) is 0 Å². The Hall–Kier alpha value is -2.54. The van der Waals surface area contributed by atoms with Crippen molar-refractivity contribution in [2.75, 3.05) is 0 Å². The lowest BCUT2D eigenvalue weighted by Gasteiger charge is -1.90. The van der Waals surface area contributed by atoms with Gasteiger partial charge in [0.1, 0.15) is 0 Å². The molecule has 7 heteroatoms. The van der Waals surface area contributed by atoms with Crippen LogP contribution in [0.4, 0.5) is 0 Å². The van der Waals surface area contributed by atoms with Gasteiger partial charge in [0.25, 0.3) is 11.8 Å². The molecule has 0 saturated heterocycles. The average Bonchev–Trinajstić information content (AvgIpc) is 2.49. The van der Waals surface area contributed by atoms with Crippen LogP contribution in [0.25, 0.3) is 0 Å². The maximum Gasteiger partial charge on any atom is 0.290 e. The number of hydrogen-bond donors (Lipinski definition) is 0. The minimum absolute atomic E-state index is 0.346. The van der Waals surface area contributed by atoms with Crippen molar-refractivity contribution in [1.82, 2.24) is 9.97 Å². The zero-order valence-corrected chi connectivity index (χ0v) is 10.4. The molecule has 19 heavy (non-hydrogen) atoms. The molecule has 0 N–H and O–H groups in total. The monoisotopic (exact) mass is 272 g/mol. The number of carbonyl (C=O) groups excluding carboxylic acids is 2. The molecular formula is C12H8N4O2S. The number of amides is 2. The molecule has 6 nitrogen and oxygen atoms in total. The summed E-state index contributed by atoms with van der Waals surface area (Å²) >= 11 is 0.554. The van der Waals surface area contributed by atoms with E-state index in [9.17, 15) is 9.59 Å². The van der Waals surface area contributed by atoms with Crippen LogP contribution in [0.15, 0.2) is 57.8 Å². The van der Waals surface area contributed by atoms with Gasteiger partial charge in [-0.2, -0.15) is 0 Å². The Morgan fingerprint density at radius 1 is 0.895 bits per heavy atom. The smallest absolute Gasteiger partial charge is 0.266 e. The van der Waals surface area contributed by atoms with Crippen molar-refractivity contribution in [2.45, 2.75) is 0 Å². The number of hydrogen-bond acceptors (Lipinski definition) is 4. The first kappa shape index (κ1) is 12.9. The highest BCUT2D eigenvalue weighted by atomic mass is 32.1. The third kappa shape index (κ3) is 3.71. The van der Waals surface area contributed by atoms with Gasteiger partial charge in [-0.15, -0.1) is 8.73 Å². The molecule has 2 heterocycles. The summed E-state index contributed by atoms with van der Waals surface area (Å²) in [6, 6.07) is 6.43. The Morgan fingerprint density at radius 2 is 1.37 bits per heavy atom. The van der Waals surface area contributed by atoms with E-state index in [1.54, 1.807) is 36.7 Å². The molecule has 0 spiro atoms. The maximum atomic E-state index is 11.6. The summed E-state index contributed by atoms with van der Waals surface area (Å²) in [5.41, 5.74) is 0.693. The van der Waals surface area contributed by atoms with Crippen LogP contribution >= 0.6 is 0 Å². The van der Waals surface area contributed by atoms with Gasteiger partial charge in [0, 0.05) is 24.8 Å². The molecule has 94 valence electrons. The van der Waals surface area contributed by atoms with Gasteiger partial charge in [-0.25, -0.2) is 0 Å². The van der Waals surface area contributed by atoms with Gasteiger partial charge >= 0.3 is 0 Å². The first-order valence-corrected chi connectivity index (χ1v) is 5.97. The van der Waals surface area contributed by atoms with Gasteiger partial charge in [-0.05, 0) is 24.3 Å². The standard InChI is InChI=1S/C12H8N4O2S/c17-11(9-3-1-5-13-7-9)15-19-16-12(18)10-4-2-6-14-8-10/h1-8H. The van der Waals surface area contributed by atoms with Crippen LogP contribution in [0, 0.1) is 0 Å². The SMILES string of the molecule is O=C(N=S=NC(=O)c1cccnc1)c1cccnc1. The Kier molecular flexibility index (Phi) is 4.35. The quantitative estimate of drug-likeness (QED) is 0.835. The van der Waals surface area contributed by atoms with E-state index in [2.05, 4.69) is 18.7 Å². The van der Waals surface area contributed by atoms with Crippen molar-refractivity contribution in [1.29, 1.82) is 0 Å². The molecule has 0 unspecified atom stereocenters. The number of pyridine rings is 2. The summed E-state index contributed by atoms with van der Waals surface area (Å²) in [5, 5.41) is 0. The molecule has 2 rings (SSSR count). The normalized spacial score (nSPS) is 9.47. The van der Waals surface area contributed by atoms with Crippen LogP contribution in [-0.4, -0.2) is 21.8 Å². The Bertz CT molecular complexity index is 596. The molecule has 2 aromatic rings. The molecule has 0 aromatic carbocycles. The summed E-state index contributed by atoms with van der Waals surface area (Å²) in [5.74, 6) is -0.971. The second-order valence-corrected chi connectivity index (χ2v) is 3.89. The van der Waals surface area contributed by atoms with Crippen LogP contribution in [0.3, 0.4) is 0 Å². The number of carbonyl (C=O) groups is 2. The summed E-state index contributed by atoms with van der Waals surface area (Å²) in [6.45, 7) is 0. The van der Waals surface area contributed by atoms with Crippen molar-refractivity contribution in [3.63, 3.8) is 0 Å². The van der Waals surface area contributed by atoms with Gasteiger partial charge in [0.15, 0.2) is 0 Å². The fourth-order valence-corrected chi connectivity index (χ4v) is 1.58. The highest BCUT2D eigenvalue weighted by Gasteiger charge is 2.03. The van der Waals surface area contributed by atoms with E-state index in [4.69, 9.17) is 0 Å². The molecule has 0 aliphatic heterocycles. The van der Waals surface area contributed by atoms with Gasteiger partial charge in [-0.3, -0.25) is 19.6 Å². The van der Waals surface area contributed by atoms with Crippen LogP contribution in [-0.2, 0) is 11.4 Å². The van der Waals surface area contributed by atoms with Gasteiger partial charge in [0.05, 0.1) is 22.5 Å². The van der Waals surface area contributed by atoms with E-state index >= 15 is 0 Å². The maximum absolute atomic E-state index is 11.6. The summed E-state index contributed by atoms with van der Waals surface area (Å²) in [4.78, 5) is 30.7. The topological polar surface area (TPSA) is 84.6 Å². The van der Waals surface area contributed by atoms with Crippen molar-refractivity contribution in [3.8, 4) is 0 Å². The second-order valence-electron chi connectivity index (χ2n) is 3.36. The van der Waals surface area contributed by atoms with E-state index < -0.39 is 11.8 Å². The lowest BCUT2D eigenvalue weighted by Crippen LogP contribution is -1.95. The van der Waals surface area contributed by atoms with Crippen LogP contribution in [0.2, 0.25) is 0 Å². The molecule has 2 amide bonds. The number of nitrogens with zero attached hydrogens (tertiary/aromatic N) is 4. The predicted molar refractivity (Wildman–Crippen MR) is 69.4 cm³/mol. The molecule has 0 bridgehead atoms. The fourth-order valence-electron chi connectivity index (χ4n) is 1.18. The molecule has 0 aliphatic carbocycles. The third-order valence-corrected chi connectivity index (χ3v) is 2.56. The lowest BCUT2D eigenvalue weighted by atomic mass is 10.3. The minimum atomic E-state index is -0.485. The van der Waals surface area contributed by atoms with Crippen molar-refractivity contribution in [2.24, 2.45) is 8.73 Å². The zero-order chi connectivity index (χ0) is 13.5. The average molecular weight is 272 g/mol. The molecule has 0 aliphatic rings. The first-order chi connectivity index (χ1) is 9.27. The minimum Gasteiger partial charge on any atom is -0.266 e. The van der Waals surface area contributed by atoms with Gasteiger partial charge in [0.2, 0.25) is 0 Å². The van der Waals surface area contributed by atoms with Crippen LogP contribution < -0.4 is 0 Å². The largest absolute Gasteiger partial charge is 0.290 e. The first-order valence-electron chi connectivity index (χ1n) is 5.24. The third-order valence-electron chi connectivity index (χ3n) is 2.06. The highest BCUT2D eigenvalue weighted by Crippen LogP contribution is 1.99. The van der Waals surface area contributed by atoms with Crippen molar-refractivity contribution >= 4 is 23.2 Å². The fraction of sp³-hybridized carbons (Fsp3) is 0. The number of aromatic nitrogens is 2. The van der Waals surface area contributed by atoms with Gasteiger partial charge < -0.3 is 0 Å². The van der Waals surface area contributed by atoms with E-state index in [0.29, 0.717) is 22.5 Å². The van der Waals surface area contributed by atoms with Crippen LogP contribution in [0.1, 0.15) is 20.7 Å².